The van der Waals surface area contributed by atoms with Gasteiger partial charge in [-0.05, 0) is 12.5 Å². The zero-order valence-corrected chi connectivity index (χ0v) is 12.6. The van der Waals surface area contributed by atoms with Gasteiger partial charge in [0.25, 0.3) is 6.47 Å². The Morgan fingerprint density at radius 2 is 1.63 bits per heavy atom. The highest BCUT2D eigenvalue weighted by molar-refractivity contribution is 5.37. The molecule has 0 aromatic heterocycles. The molecule has 1 rings (SSSR count). The molecule has 0 bridgehead atoms. The molecular formula is C17H24O2. The fraction of sp³-hybridized carbons (Fsp3) is 0.471. The number of carbonyl (C=O) groups is 1. The van der Waals surface area contributed by atoms with Crippen LogP contribution in [0.25, 0.3) is 0 Å². The maximum absolute atomic E-state index is 10.3. The lowest BCUT2D eigenvalue weighted by molar-refractivity contribution is -0.130. The first-order chi connectivity index (χ1) is 8.77. The highest BCUT2D eigenvalue weighted by atomic mass is 16.5. The predicted octanol–water partition coefficient (Wildman–Crippen LogP) is 4.03. The molecule has 0 amide bonds. The minimum Gasteiger partial charge on any atom is -0.467 e. The molecule has 19 heavy (non-hydrogen) atoms. The van der Waals surface area contributed by atoms with Crippen molar-refractivity contribution < 1.29 is 9.53 Å². The van der Waals surface area contributed by atoms with Crippen LogP contribution in [0, 0.1) is 12.3 Å². The normalized spacial score (nSPS) is 12.7. The third-order valence-corrected chi connectivity index (χ3v) is 3.27. The number of ether oxygens (including phenoxy) is 1. The Hall–Kier alpha value is -1.57. The van der Waals surface area contributed by atoms with Crippen molar-refractivity contribution in [3.8, 4) is 0 Å². The van der Waals surface area contributed by atoms with Crippen molar-refractivity contribution in [3.63, 3.8) is 0 Å². The van der Waals surface area contributed by atoms with Crippen molar-refractivity contribution in [2.75, 3.05) is 6.61 Å². The monoisotopic (exact) mass is 260 g/mol. The van der Waals surface area contributed by atoms with E-state index >= 15 is 0 Å². The van der Waals surface area contributed by atoms with Gasteiger partial charge in [-0.25, -0.2) is 0 Å². The topological polar surface area (TPSA) is 26.3 Å². The van der Waals surface area contributed by atoms with Gasteiger partial charge in [-0.2, -0.15) is 0 Å². The Balaban J connectivity index is 2.83. The van der Waals surface area contributed by atoms with E-state index in [1.54, 1.807) is 0 Å². The second-order valence-electron chi connectivity index (χ2n) is 6.32. The molecule has 2 heteroatoms. The Morgan fingerprint density at radius 3 is 2.16 bits per heavy atom. The summed E-state index contributed by atoms with van der Waals surface area (Å²) < 4.78 is 4.85. The van der Waals surface area contributed by atoms with Crippen LogP contribution in [0.5, 0.6) is 0 Å². The third kappa shape index (κ3) is 4.90. The van der Waals surface area contributed by atoms with Crippen LogP contribution < -0.4 is 0 Å². The molecule has 2 nitrogen and oxygen atoms in total. The Kier molecular flexibility index (Phi) is 4.93. The average molecular weight is 260 g/mol. The number of hydrogen-bond acceptors (Lipinski definition) is 2. The maximum atomic E-state index is 10.3. The smallest absolute Gasteiger partial charge is 0.293 e. The highest BCUT2D eigenvalue weighted by Gasteiger charge is 2.20. The summed E-state index contributed by atoms with van der Waals surface area (Å²) in [5, 5.41) is 0. The Labute approximate surface area is 116 Å². The van der Waals surface area contributed by atoms with E-state index in [0.29, 0.717) is 13.1 Å². The van der Waals surface area contributed by atoms with Gasteiger partial charge in [0.05, 0.1) is 6.61 Å². The van der Waals surface area contributed by atoms with Crippen LogP contribution in [-0.4, -0.2) is 13.1 Å². The summed E-state index contributed by atoms with van der Waals surface area (Å²) >= 11 is 0. The predicted molar refractivity (Wildman–Crippen MR) is 79.1 cm³/mol. The number of hydrogen-bond donors (Lipinski definition) is 0. The molecule has 0 aliphatic carbocycles. The molecule has 0 unspecified atom stereocenters. The molecule has 0 atom stereocenters. The molecule has 0 N–H and O–H groups in total. The van der Waals surface area contributed by atoms with Crippen molar-refractivity contribution in [1.82, 2.24) is 0 Å². The third-order valence-electron chi connectivity index (χ3n) is 3.27. The molecule has 1 aromatic carbocycles. The largest absolute Gasteiger partial charge is 0.467 e. The Morgan fingerprint density at radius 1 is 1.05 bits per heavy atom. The zero-order valence-electron chi connectivity index (χ0n) is 12.6. The SMILES string of the molecule is Cc1ccc(C(C)(C)/C=C/C(C)(C)COC=O)cc1. The fourth-order valence-electron chi connectivity index (χ4n) is 1.81. The Bertz CT molecular complexity index is 439. The van der Waals surface area contributed by atoms with Crippen molar-refractivity contribution in [2.24, 2.45) is 5.41 Å². The summed E-state index contributed by atoms with van der Waals surface area (Å²) in [5.74, 6) is 0. The van der Waals surface area contributed by atoms with Gasteiger partial charge in [0.15, 0.2) is 0 Å². The molecule has 0 fully saturated rings. The van der Waals surface area contributed by atoms with Gasteiger partial charge >= 0.3 is 0 Å². The van der Waals surface area contributed by atoms with E-state index in [0.717, 1.165) is 0 Å². The average Bonchev–Trinajstić information content (AvgIpc) is 2.35. The lowest BCUT2D eigenvalue weighted by atomic mass is 9.81. The summed E-state index contributed by atoms with van der Waals surface area (Å²) in [5.41, 5.74) is 2.36. The van der Waals surface area contributed by atoms with E-state index in [4.69, 9.17) is 4.74 Å². The van der Waals surface area contributed by atoms with Crippen LogP contribution in [0.15, 0.2) is 36.4 Å². The second-order valence-corrected chi connectivity index (χ2v) is 6.32. The van der Waals surface area contributed by atoms with E-state index < -0.39 is 0 Å². The van der Waals surface area contributed by atoms with Gasteiger partial charge in [0.2, 0.25) is 0 Å². The molecule has 0 saturated heterocycles. The number of rotatable bonds is 6. The van der Waals surface area contributed by atoms with Crippen LogP contribution in [0.2, 0.25) is 0 Å². The number of benzene rings is 1. The van der Waals surface area contributed by atoms with E-state index in [1.165, 1.54) is 11.1 Å². The van der Waals surface area contributed by atoms with Crippen LogP contribution in [-0.2, 0) is 14.9 Å². The maximum Gasteiger partial charge on any atom is 0.293 e. The number of aryl methyl sites for hydroxylation is 1. The molecule has 104 valence electrons. The molecule has 0 saturated carbocycles. The summed E-state index contributed by atoms with van der Waals surface area (Å²) in [6.07, 6.45) is 4.31. The quantitative estimate of drug-likeness (QED) is 0.570. The van der Waals surface area contributed by atoms with E-state index in [9.17, 15) is 4.79 Å². The van der Waals surface area contributed by atoms with Gasteiger partial charge in [0, 0.05) is 10.8 Å². The number of allylic oxidation sites excluding steroid dienone is 1. The minimum absolute atomic E-state index is 0.0356. The van der Waals surface area contributed by atoms with Crippen LogP contribution in [0.1, 0.15) is 38.8 Å². The first-order valence-corrected chi connectivity index (χ1v) is 6.60. The summed E-state index contributed by atoms with van der Waals surface area (Å²) in [4.78, 5) is 10.3. The summed E-state index contributed by atoms with van der Waals surface area (Å²) in [6, 6.07) is 8.58. The molecule has 0 aliphatic heterocycles. The zero-order chi connectivity index (χ0) is 14.5. The molecular weight excluding hydrogens is 236 g/mol. The van der Waals surface area contributed by atoms with Crippen LogP contribution in [0.4, 0.5) is 0 Å². The fourth-order valence-corrected chi connectivity index (χ4v) is 1.81. The van der Waals surface area contributed by atoms with Gasteiger partial charge in [0.1, 0.15) is 0 Å². The van der Waals surface area contributed by atoms with Crippen molar-refractivity contribution in [1.29, 1.82) is 0 Å². The minimum atomic E-state index is -0.150. The molecule has 0 radical (unpaired) electrons. The van der Waals surface area contributed by atoms with Crippen molar-refractivity contribution in [3.05, 3.63) is 47.5 Å². The van der Waals surface area contributed by atoms with Crippen molar-refractivity contribution in [2.45, 2.75) is 40.0 Å². The number of carbonyl (C=O) groups excluding carboxylic acids is 1. The van der Waals surface area contributed by atoms with Gasteiger partial charge in [-0.15, -0.1) is 0 Å². The second kappa shape index (κ2) is 6.05. The highest BCUT2D eigenvalue weighted by Crippen LogP contribution is 2.28. The lowest BCUT2D eigenvalue weighted by Crippen LogP contribution is -2.19. The van der Waals surface area contributed by atoms with Crippen LogP contribution >= 0.6 is 0 Å². The molecule has 1 aromatic rings. The van der Waals surface area contributed by atoms with Gasteiger partial charge in [-0.3, -0.25) is 4.79 Å². The van der Waals surface area contributed by atoms with Gasteiger partial charge < -0.3 is 4.74 Å². The standard InChI is InChI=1S/C17H24O2/c1-14-6-8-15(9-7-14)17(4,5)11-10-16(2,3)12-19-13-18/h6-11,13H,12H2,1-5H3/b11-10+. The lowest BCUT2D eigenvalue weighted by Gasteiger charge is -2.25. The van der Waals surface area contributed by atoms with E-state index in [1.807, 2.05) is 0 Å². The molecule has 0 aliphatic rings. The van der Waals surface area contributed by atoms with Crippen molar-refractivity contribution >= 4 is 6.47 Å². The van der Waals surface area contributed by atoms with Gasteiger partial charge in [-0.1, -0.05) is 69.7 Å². The molecule has 0 spiro atoms. The first kappa shape index (κ1) is 15.5. The molecule has 0 heterocycles. The van der Waals surface area contributed by atoms with E-state index in [-0.39, 0.29) is 10.8 Å². The summed E-state index contributed by atoms with van der Waals surface area (Å²) in [6.45, 7) is 11.5. The first-order valence-electron chi connectivity index (χ1n) is 6.60. The van der Waals surface area contributed by atoms with Crippen LogP contribution in [0.3, 0.4) is 0 Å². The van der Waals surface area contributed by atoms with E-state index in [2.05, 4.69) is 71.0 Å². The summed E-state index contributed by atoms with van der Waals surface area (Å²) in [7, 11) is 0.